The minimum Gasteiger partial charge on any atom is -0.359 e. The minimum atomic E-state index is 0. The van der Waals surface area contributed by atoms with Crippen LogP contribution in [0, 0.1) is 0 Å². The number of nitrogens with one attached hydrogen (secondary N) is 1. The number of halogens is 1. The predicted molar refractivity (Wildman–Crippen MR) is 39.6 cm³/mol. The standard InChI is InChI=1S/C5H12N2O.ClH/c1-7-5(8)3-2-4-6;/h2-4,6H2,1H3,(H,7,8);1H. The summed E-state index contributed by atoms with van der Waals surface area (Å²) >= 11 is 0. The molecule has 0 aliphatic heterocycles. The zero-order valence-electron chi connectivity index (χ0n) is 5.52. The maximum atomic E-state index is 10.4. The van der Waals surface area contributed by atoms with Crippen molar-refractivity contribution in [1.82, 2.24) is 5.32 Å². The molecule has 0 aliphatic carbocycles. The molecule has 0 aliphatic rings. The molecule has 0 aromatic heterocycles. The molecule has 3 nitrogen and oxygen atoms in total. The zero-order chi connectivity index (χ0) is 6.41. The van der Waals surface area contributed by atoms with Gasteiger partial charge in [-0.2, -0.15) is 0 Å². The molecule has 0 fully saturated rings. The molecule has 0 radical (unpaired) electrons. The van der Waals surface area contributed by atoms with Crippen LogP contribution in [0.15, 0.2) is 0 Å². The average Bonchev–Trinajstić information content (AvgIpc) is 1.83. The SMILES string of the molecule is CNC(=O)CCCN.Cl. The Bertz CT molecular complexity index is 77.4. The van der Waals surface area contributed by atoms with Crippen molar-refractivity contribution in [2.75, 3.05) is 13.6 Å². The summed E-state index contributed by atoms with van der Waals surface area (Å²) in [6.07, 6.45) is 1.33. The lowest BCUT2D eigenvalue weighted by Gasteiger charge is -1.94. The molecular weight excluding hydrogens is 140 g/mol. The monoisotopic (exact) mass is 152 g/mol. The van der Waals surface area contributed by atoms with Crippen LogP contribution < -0.4 is 11.1 Å². The molecule has 0 saturated carbocycles. The van der Waals surface area contributed by atoms with E-state index in [1.807, 2.05) is 0 Å². The first-order chi connectivity index (χ1) is 3.81. The zero-order valence-corrected chi connectivity index (χ0v) is 6.33. The van der Waals surface area contributed by atoms with Crippen molar-refractivity contribution in [1.29, 1.82) is 0 Å². The molecule has 0 unspecified atom stereocenters. The first-order valence-electron chi connectivity index (χ1n) is 2.72. The van der Waals surface area contributed by atoms with Crippen LogP contribution in [0.3, 0.4) is 0 Å². The molecule has 3 N–H and O–H groups in total. The lowest BCUT2D eigenvalue weighted by atomic mass is 10.3. The predicted octanol–water partition coefficient (Wildman–Crippen LogP) is -0.107. The molecule has 0 bridgehead atoms. The van der Waals surface area contributed by atoms with E-state index in [4.69, 9.17) is 5.73 Å². The van der Waals surface area contributed by atoms with Crippen LogP contribution >= 0.6 is 12.4 Å². The largest absolute Gasteiger partial charge is 0.359 e. The highest BCUT2D eigenvalue weighted by atomic mass is 35.5. The van der Waals surface area contributed by atoms with E-state index in [1.165, 1.54) is 0 Å². The van der Waals surface area contributed by atoms with Gasteiger partial charge >= 0.3 is 0 Å². The third-order valence-corrected chi connectivity index (χ3v) is 0.887. The molecule has 0 rings (SSSR count). The van der Waals surface area contributed by atoms with Gasteiger partial charge in [0, 0.05) is 13.5 Å². The Hall–Kier alpha value is -0.280. The topological polar surface area (TPSA) is 55.1 Å². The fourth-order valence-electron chi connectivity index (χ4n) is 0.388. The molecule has 0 atom stereocenters. The second-order valence-corrected chi connectivity index (χ2v) is 1.57. The molecule has 9 heavy (non-hydrogen) atoms. The van der Waals surface area contributed by atoms with E-state index in [-0.39, 0.29) is 18.3 Å². The molecular formula is C5H13ClN2O. The van der Waals surface area contributed by atoms with Gasteiger partial charge in [-0.15, -0.1) is 12.4 Å². The van der Waals surface area contributed by atoms with Crippen molar-refractivity contribution in [3.63, 3.8) is 0 Å². The van der Waals surface area contributed by atoms with Crippen LogP contribution in [0.5, 0.6) is 0 Å². The molecule has 0 aromatic rings. The maximum absolute atomic E-state index is 10.4. The van der Waals surface area contributed by atoms with Crippen LogP contribution in [0.25, 0.3) is 0 Å². The van der Waals surface area contributed by atoms with Crippen molar-refractivity contribution >= 4 is 18.3 Å². The highest BCUT2D eigenvalue weighted by Gasteiger charge is 1.92. The quantitative estimate of drug-likeness (QED) is 0.593. The highest BCUT2D eigenvalue weighted by molar-refractivity contribution is 5.85. The Labute approximate surface area is 61.4 Å². The van der Waals surface area contributed by atoms with E-state index in [0.29, 0.717) is 13.0 Å². The van der Waals surface area contributed by atoms with E-state index in [0.717, 1.165) is 6.42 Å². The molecule has 0 spiro atoms. The van der Waals surface area contributed by atoms with Crippen molar-refractivity contribution in [2.45, 2.75) is 12.8 Å². The third-order valence-electron chi connectivity index (χ3n) is 0.887. The summed E-state index contributed by atoms with van der Waals surface area (Å²) in [5, 5.41) is 2.51. The van der Waals surface area contributed by atoms with Crippen LogP contribution in [-0.2, 0) is 4.79 Å². The molecule has 4 heteroatoms. The second-order valence-electron chi connectivity index (χ2n) is 1.57. The van der Waals surface area contributed by atoms with E-state index in [2.05, 4.69) is 5.32 Å². The molecule has 0 aromatic carbocycles. The second kappa shape index (κ2) is 7.72. The van der Waals surface area contributed by atoms with Gasteiger partial charge < -0.3 is 11.1 Å². The lowest BCUT2D eigenvalue weighted by molar-refractivity contribution is -0.120. The first kappa shape index (κ1) is 11.5. The number of nitrogens with two attached hydrogens (primary N) is 1. The van der Waals surface area contributed by atoms with E-state index < -0.39 is 0 Å². The van der Waals surface area contributed by atoms with Crippen molar-refractivity contribution in [3.8, 4) is 0 Å². The minimum absolute atomic E-state index is 0. The Kier molecular flexibility index (Phi) is 9.87. The highest BCUT2D eigenvalue weighted by Crippen LogP contribution is 1.82. The summed E-state index contributed by atoms with van der Waals surface area (Å²) in [6, 6.07) is 0. The molecule has 1 amide bonds. The number of carbonyl (C=O) groups is 1. The van der Waals surface area contributed by atoms with Gasteiger partial charge in [-0.3, -0.25) is 4.79 Å². The Morgan fingerprint density at radius 3 is 2.56 bits per heavy atom. The van der Waals surface area contributed by atoms with Gasteiger partial charge in [0.2, 0.25) is 5.91 Å². The third kappa shape index (κ3) is 7.72. The number of rotatable bonds is 3. The first-order valence-corrected chi connectivity index (χ1v) is 2.72. The van der Waals surface area contributed by atoms with Gasteiger partial charge in [-0.1, -0.05) is 0 Å². The van der Waals surface area contributed by atoms with Crippen LogP contribution in [0.4, 0.5) is 0 Å². The van der Waals surface area contributed by atoms with Crippen LogP contribution in [0.1, 0.15) is 12.8 Å². The van der Waals surface area contributed by atoms with Gasteiger partial charge in [-0.05, 0) is 13.0 Å². The van der Waals surface area contributed by atoms with Gasteiger partial charge in [-0.25, -0.2) is 0 Å². The van der Waals surface area contributed by atoms with Gasteiger partial charge in [0.25, 0.3) is 0 Å². The normalized spacial score (nSPS) is 7.78. The summed E-state index contributed by atoms with van der Waals surface area (Å²) in [5.41, 5.74) is 5.15. The van der Waals surface area contributed by atoms with E-state index in [1.54, 1.807) is 7.05 Å². The summed E-state index contributed by atoms with van der Waals surface area (Å²) in [5.74, 6) is 0.0652. The smallest absolute Gasteiger partial charge is 0.219 e. The number of amides is 1. The summed E-state index contributed by atoms with van der Waals surface area (Å²) < 4.78 is 0. The molecule has 0 saturated heterocycles. The summed E-state index contributed by atoms with van der Waals surface area (Å²) in [6.45, 7) is 0.591. The Morgan fingerprint density at radius 2 is 2.22 bits per heavy atom. The molecule has 56 valence electrons. The van der Waals surface area contributed by atoms with Crippen molar-refractivity contribution < 1.29 is 4.79 Å². The van der Waals surface area contributed by atoms with Crippen molar-refractivity contribution in [2.24, 2.45) is 5.73 Å². The van der Waals surface area contributed by atoms with Gasteiger partial charge in [0.15, 0.2) is 0 Å². The molecule has 0 heterocycles. The van der Waals surface area contributed by atoms with E-state index in [9.17, 15) is 4.79 Å². The summed E-state index contributed by atoms with van der Waals surface area (Å²) in [7, 11) is 1.62. The Morgan fingerprint density at radius 1 is 1.67 bits per heavy atom. The fourth-order valence-corrected chi connectivity index (χ4v) is 0.388. The number of hydrogen-bond acceptors (Lipinski definition) is 2. The van der Waals surface area contributed by atoms with E-state index >= 15 is 0 Å². The summed E-state index contributed by atoms with van der Waals surface area (Å²) in [4.78, 5) is 10.4. The van der Waals surface area contributed by atoms with Gasteiger partial charge in [0.05, 0.1) is 0 Å². The fraction of sp³-hybridized carbons (Fsp3) is 0.800. The average molecular weight is 153 g/mol. The van der Waals surface area contributed by atoms with Gasteiger partial charge in [0.1, 0.15) is 0 Å². The van der Waals surface area contributed by atoms with Crippen molar-refractivity contribution in [3.05, 3.63) is 0 Å². The van der Waals surface area contributed by atoms with Crippen LogP contribution in [-0.4, -0.2) is 19.5 Å². The number of carbonyl (C=O) groups excluding carboxylic acids is 1. The number of hydrogen-bond donors (Lipinski definition) is 2. The maximum Gasteiger partial charge on any atom is 0.219 e. The Balaban J connectivity index is 0. The van der Waals surface area contributed by atoms with Crippen LogP contribution in [0.2, 0.25) is 0 Å². The lowest BCUT2D eigenvalue weighted by Crippen LogP contribution is -2.18.